The van der Waals surface area contributed by atoms with Gasteiger partial charge in [0.1, 0.15) is 17.6 Å². The van der Waals surface area contributed by atoms with E-state index in [-0.39, 0.29) is 81.8 Å². The molecule has 2 aliphatic rings. The maximum atomic E-state index is 14.5. The first-order chi connectivity index (χ1) is 37.7. The van der Waals surface area contributed by atoms with Crippen molar-refractivity contribution in [2.75, 3.05) is 114 Å². The summed E-state index contributed by atoms with van der Waals surface area (Å²) in [5, 5.41) is 18.3. The van der Waals surface area contributed by atoms with Crippen molar-refractivity contribution in [1.29, 1.82) is 0 Å². The molecule has 446 valence electrons. The Kier molecular flexibility index (Phi) is 31.0. The molecule has 1 fully saturated rings. The SMILES string of the molecule is CCC(C)C(C(CC(=O)N1CCCC1C(OC)C(C)C(=O)NC(Cc1ccccc1)C(=O)O)OC)N(C)C(=O)C(NC(=O)C(C)(C)NC(=O)CCOCCOCCOCCOCCOCCOCCN1C(=O)C=CC1=O)C(C)C. The Morgan fingerprint density at radius 3 is 1.78 bits per heavy atom. The summed E-state index contributed by atoms with van der Waals surface area (Å²) in [5.74, 6) is -5.30. The van der Waals surface area contributed by atoms with Crippen molar-refractivity contribution in [3.8, 4) is 0 Å². The Balaban J connectivity index is 1.40. The number of ether oxygens (including phenoxy) is 8. The topological polar surface area (TPSA) is 276 Å². The van der Waals surface area contributed by atoms with Crippen LogP contribution in [0.25, 0.3) is 0 Å². The van der Waals surface area contributed by atoms with Crippen LogP contribution >= 0.6 is 0 Å². The Bertz CT molecular complexity index is 2080. The second-order valence-corrected chi connectivity index (χ2v) is 20.6. The number of nitrogens with one attached hydrogen (secondary N) is 3. The molecule has 0 bridgehead atoms. The highest BCUT2D eigenvalue weighted by atomic mass is 16.6. The second-order valence-electron chi connectivity index (χ2n) is 20.6. The van der Waals surface area contributed by atoms with Crippen molar-refractivity contribution >= 4 is 47.3 Å². The van der Waals surface area contributed by atoms with Crippen LogP contribution in [-0.4, -0.2) is 223 Å². The first-order valence-corrected chi connectivity index (χ1v) is 27.5. The number of rotatable bonds is 41. The average Bonchev–Trinajstić information content (AvgIpc) is 4.06. The summed E-state index contributed by atoms with van der Waals surface area (Å²) < 4.78 is 44.8. The molecule has 0 aromatic heterocycles. The molecular weight excluding hydrogens is 1030 g/mol. The summed E-state index contributed by atoms with van der Waals surface area (Å²) in [6, 6.07) is 5.78. The fraction of sp³-hybridized carbons (Fsp3) is 0.714. The molecule has 0 saturated carbocycles. The molecule has 4 N–H and O–H groups in total. The number of amides is 7. The van der Waals surface area contributed by atoms with E-state index in [2.05, 4.69) is 16.0 Å². The Hall–Kier alpha value is -5.40. The molecular formula is C56H90N6O17. The van der Waals surface area contributed by atoms with Crippen LogP contribution in [0.3, 0.4) is 0 Å². The first kappa shape index (κ1) is 67.9. The number of carboxylic acids is 1. The van der Waals surface area contributed by atoms with E-state index in [4.69, 9.17) is 37.9 Å². The molecule has 0 aliphatic carbocycles. The fourth-order valence-corrected chi connectivity index (χ4v) is 9.36. The average molecular weight is 1120 g/mol. The second kappa shape index (κ2) is 36.1. The summed E-state index contributed by atoms with van der Waals surface area (Å²) in [7, 11) is 4.60. The van der Waals surface area contributed by atoms with E-state index in [1.165, 1.54) is 26.4 Å². The number of benzene rings is 1. The lowest BCUT2D eigenvalue weighted by Gasteiger charge is -2.41. The number of hydrogen-bond acceptors (Lipinski definition) is 16. The lowest BCUT2D eigenvalue weighted by Crippen LogP contribution is -2.62. The highest BCUT2D eigenvalue weighted by molar-refractivity contribution is 6.12. The van der Waals surface area contributed by atoms with Gasteiger partial charge >= 0.3 is 5.97 Å². The van der Waals surface area contributed by atoms with E-state index in [0.717, 1.165) is 10.5 Å². The fourth-order valence-electron chi connectivity index (χ4n) is 9.36. The molecule has 1 aromatic carbocycles. The molecule has 23 nitrogen and oxygen atoms in total. The van der Waals surface area contributed by atoms with Gasteiger partial charge in [-0.15, -0.1) is 0 Å². The van der Waals surface area contributed by atoms with Gasteiger partial charge in [0.2, 0.25) is 29.5 Å². The van der Waals surface area contributed by atoms with Gasteiger partial charge < -0.3 is 68.8 Å². The van der Waals surface area contributed by atoms with E-state index in [9.17, 15) is 43.5 Å². The van der Waals surface area contributed by atoms with Crippen LogP contribution in [0, 0.1) is 17.8 Å². The van der Waals surface area contributed by atoms with Gasteiger partial charge in [-0.25, -0.2) is 4.79 Å². The van der Waals surface area contributed by atoms with Crippen LogP contribution in [0.2, 0.25) is 0 Å². The van der Waals surface area contributed by atoms with E-state index in [0.29, 0.717) is 78.7 Å². The van der Waals surface area contributed by atoms with Crippen LogP contribution in [-0.2, 0) is 82.7 Å². The molecule has 3 rings (SSSR count). The molecule has 8 atom stereocenters. The van der Waals surface area contributed by atoms with E-state index in [1.54, 1.807) is 61.9 Å². The molecule has 7 amide bonds. The van der Waals surface area contributed by atoms with Crippen LogP contribution in [0.4, 0.5) is 0 Å². The van der Waals surface area contributed by atoms with Gasteiger partial charge in [-0.2, -0.15) is 0 Å². The van der Waals surface area contributed by atoms with Gasteiger partial charge in [0.05, 0.1) is 122 Å². The Labute approximate surface area is 466 Å². The van der Waals surface area contributed by atoms with Crippen LogP contribution < -0.4 is 16.0 Å². The highest BCUT2D eigenvalue weighted by Crippen LogP contribution is 2.30. The van der Waals surface area contributed by atoms with Gasteiger partial charge in [-0.3, -0.25) is 38.5 Å². The van der Waals surface area contributed by atoms with Crippen LogP contribution in [0.5, 0.6) is 0 Å². The number of carboxylic acid groups (broad SMARTS) is 1. The number of methoxy groups -OCH3 is 2. The van der Waals surface area contributed by atoms with Crippen LogP contribution in [0.15, 0.2) is 42.5 Å². The summed E-state index contributed by atoms with van der Waals surface area (Å²) in [6.45, 7) is 16.7. The Morgan fingerprint density at radius 1 is 0.759 bits per heavy atom. The third kappa shape index (κ3) is 22.9. The summed E-state index contributed by atoms with van der Waals surface area (Å²) in [4.78, 5) is 109. The summed E-state index contributed by atoms with van der Waals surface area (Å²) in [6.07, 6.45) is 2.81. The van der Waals surface area contributed by atoms with Crippen molar-refractivity contribution < 1.29 is 81.4 Å². The first-order valence-electron chi connectivity index (χ1n) is 27.5. The number of carbonyl (C=O) groups excluding carboxylic acids is 7. The normalized spacial score (nSPS) is 17.3. The monoisotopic (exact) mass is 1120 g/mol. The largest absolute Gasteiger partial charge is 0.480 e. The third-order valence-electron chi connectivity index (χ3n) is 14.1. The summed E-state index contributed by atoms with van der Waals surface area (Å²) in [5.41, 5.74) is -0.641. The molecule has 2 heterocycles. The molecule has 0 spiro atoms. The number of imide groups is 1. The maximum absolute atomic E-state index is 14.5. The van der Waals surface area contributed by atoms with E-state index in [1.807, 2.05) is 33.8 Å². The maximum Gasteiger partial charge on any atom is 0.326 e. The molecule has 1 saturated heterocycles. The van der Waals surface area contributed by atoms with Crippen molar-refractivity contribution in [3.63, 3.8) is 0 Å². The zero-order valence-electron chi connectivity index (χ0n) is 48.2. The van der Waals surface area contributed by atoms with Crippen LogP contribution in [0.1, 0.15) is 86.1 Å². The number of aliphatic carboxylic acids is 1. The molecule has 2 aliphatic heterocycles. The van der Waals surface area contributed by atoms with Crippen molar-refractivity contribution in [1.82, 2.24) is 30.7 Å². The Morgan fingerprint density at radius 2 is 1.29 bits per heavy atom. The zero-order chi connectivity index (χ0) is 58.5. The van der Waals surface area contributed by atoms with Crippen molar-refractivity contribution in [2.24, 2.45) is 17.8 Å². The highest BCUT2D eigenvalue weighted by Gasteiger charge is 2.44. The van der Waals surface area contributed by atoms with Crippen molar-refractivity contribution in [3.05, 3.63) is 48.0 Å². The van der Waals surface area contributed by atoms with Gasteiger partial charge in [-0.05, 0) is 44.1 Å². The molecule has 79 heavy (non-hydrogen) atoms. The minimum absolute atomic E-state index is 0.0218. The standard InChI is InChI=1S/C56H90N6O17/c1-11-39(4)50(44(72-9)37-48(66)61-22-15-18-43(61)51(73-10)40(5)52(67)57-42(54(69)70)36-41-16-13-12-14-17-41)60(8)53(68)49(38(2)3)58-55(71)56(6,7)59-45(63)21-24-74-26-28-76-30-32-78-34-35-79-33-31-77-29-27-75-25-23-62-46(64)19-20-47(62)65/h12-14,16-17,19-20,38-40,42-44,49-51H,11,15,18,21-37H2,1-10H3,(H,57,67)(H,58,71)(H,59,63)(H,69,70). The number of likely N-dealkylation sites (N-methyl/N-ethyl adjacent to an activating group) is 1. The van der Waals surface area contributed by atoms with Gasteiger partial charge in [0.25, 0.3) is 11.8 Å². The number of carbonyl (C=O) groups is 8. The van der Waals surface area contributed by atoms with Crippen molar-refractivity contribution in [2.45, 2.75) is 129 Å². The number of hydrogen-bond donors (Lipinski definition) is 4. The molecule has 0 radical (unpaired) electrons. The molecule has 1 aromatic rings. The van der Waals surface area contributed by atoms with Gasteiger partial charge in [0.15, 0.2) is 0 Å². The zero-order valence-corrected chi connectivity index (χ0v) is 48.2. The smallest absolute Gasteiger partial charge is 0.326 e. The predicted molar refractivity (Wildman–Crippen MR) is 290 cm³/mol. The number of likely N-dealkylation sites (tertiary alicyclic amines) is 1. The molecule has 23 heteroatoms. The minimum atomic E-state index is -1.40. The van der Waals surface area contributed by atoms with E-state index < -0.39 is 77.4 Å². The predicted octanol–water partition coefficient (Wildman–Crippen LogP) is 2.17. The summed E-state index contributed by atoms with van der Waals surface area (Å²) >= 11 is 0. The third-order valence-corrected chi connectivity index (χ3v) is 14.1. The molecule has 8 unspecified atom stereocenters. The quantitative estimate of drug-likeness (QED) is 0.0540. The lowest BCUT2D eigenvalue weighted by atomic mass is 9.89. The van der Waals surface area contributed by atoms with Gasteiger partial charge in [-0.1, -0.05) is 71.4 Å². The number of nitrogens with zero attached hydrogens (tertiary/aromatic N) is 3. The van der Waals surface area contributed by atoms with Gasteiger partial charge in [0, 0.05) is 52.8 Å². The minimum Gasteiger partial charge on any atom is -0.480 e. The van der Waals surface area contributed by atoms with E-state index >= 15 is 0 Å². The lowest BCUT2D eigenvalue weighted by molar-refractivity contribution is -0.148.